The number of hydrogen-bond acceptors (Lipinski definition) is 4. The van der Waals surface area contributed by atoms with Crippen LogP contribution in [0.3, 0.4) is 0 Å². The molecule has 0 aromatic heterocycles. The lowest BCUT2D eigenvalue weighted by molar-refractivity contribution is 0.284. The van der Waals surface area contributed by atoms with Gasteiger partial charge in [0, 0.05) is 51.0 Å². The van der Waals surface area contributed by atoms with Crippen LogP contribution in [-0.4, -0.2) is 51.3 Å². The third-order valence-corrected chi connectivity index (χ3v) is 3.46. The Labute approximate surface area is 115 Å². The first kappa shape index (κ1) is 13.9. The van der Waals surface area contributed by atoms with Gasteiger partial charge in [-0.1, -0.05) is 18.2 Å². The maximum absolute atomic E-state index is 5.44. The van der Waals surface area contributed by atoms with Crippen LogP contribution in [0.5, 0.6) is 5.75 Å². The van der Waals surface area contributed by atoms with E-state index >= 15 is 0 Å². The third kappa shape index (κ3) is 3.98. The Hall–Kier alpha value is -1.52. The summed E-state index contributed by atoms with van der Waals surface area (Å²) >= 11 is 0. The number of hydrogen-bond donors (Lipinski definition) is 1. The Balaban J connectivity index is 1.87. The molecule has 1 heterocycles. The Morgan fingerprint density at radius 3 is 2.68 bits per heavy atom. The second-order valence-corrected chi connectivity index (χ2v) is 4.70. The maximum Gasteiger partial charge on any atom is 0.120 e. The van der Waals surface area contributed by atoms with Crippen molar-refractivity contribution in [2.45, 2.75) is 0 Å². The van der Waals surface area contributed by atoms with E-state index in [1.165, 1.54) is 5.69 Å². The zero-order chi connectivity index (χ0) is 13.5. The Bertz CT molecular complexity index is 412. The van der Waals surface area contributed by atoms with Gasteiger partial charge < -0.3 is 15.4 Å². The predicted molar refractivity (Wildman–Crippen MR) is 79.8 cm³/mol. The smallest absolute Gasteiger partial charge is 0.120 e. The first-order chi connectivity index (χ1) is 9.33. The minimum atomic E-state index is 0.629. The molecule has 4 nitrogen and oxygen atoms in total. The summed E-state index contributed by atoms with van der Waals surface area (Å²) in [7, 11) is 1.71. The highest BCUT2D eigenvalue weighted by Gasteiger charge is 2.16. The van der Waals surface area contributed by atoms with Gasteiger partial charge in [-0.05, 0) is 12.1 Å². The molecule has 1 aromatic rings. The summed E-state index contributed by atoms with van der Waals surface area (Å²) in [6, 6.07) is 8.28. The molecular weight excluding hydrogens is 238 g/mol. The van der Waals surface area contributed by atoms with Gasteiger partial charge in [-0.25, -0.2) is 0 Å². The fourth-order valence-electron chi connectivity index (χ4n) is 2.32. The van der Waals surface area contributed by atoms with Gasteiger partial charge in [0.15, 0.2) is 0 Å². The van der Waals surface area contributed by atoms with Crippen molar-refractivity contribution in [3.63, 3.8) is 0 Å². The number of ether oxygens (including phenoxy) is 1. The molecule has 4 heteroatoms. The summed E-state index contributed by atoms with van der Waals surface area (Å²) in [6.45, 7) is 5.93. The average Bonchev–Trinajstić information content (AvgIpc) is 2.48. The molecule has 1 fully saturated rings. The van der Waals surface area contributed by atoms with Crippen molar-refractivity contribution in [2.24, 2.45) is 5.73 Å². The molecule has 0 amide bonds. The molecule has 1 saturated heterocycles. The van der Waals surface area contributed by atoms with Crippen molar-refractivity contribution in [2.75, 3.05) is 51.3 Å². The number of benzene rings is 1. The van der Waals surface area contributed by atoms with E-state index in [4.69, 9.17) is 10.5 Å². The number of nitrogens with two attached hydrogens (primary N) is 1. The van der Waals surface area contributed by atoms with Gasteiger partial charge >= 0.3 is 0 Å². The van der Waals surface area contributed by atoms with Crippen molar-refractivity contribution < 1.29 is 4.74 Å². The van der Waals surface area contributed by atoms with Crippen LogP contribution in [0, 0.1) is 0 Å². The first-order valence-electron chi connectivity index (χ1n) is 6.80. The standard InChI is InChI=1S/C15H23N3O/c1-19-15-6-4-5-14(13-15)18-11-9-17(10-12-18)8-3-2-7-16/h2-6,13H,7-12,16H2,1H3. The highest BCUT2D eigenvalue weighted by atomic mass is 16.5. The maximum atomic E-state index is 5.44. The Morgan fingerprint density at radius 1 is 1.21 bits per heavy atom. The van der Waals surface area contributed by atoms with Gasteiger partial charge in [-0.15, -0.1) is 0 Å². The van der Waals surface area contributed by atoms with Crippen LogP contribution in [0.25, 0.3) is 0 Å². The fourth-order valence-corrected chi connectivity index (χ4v) is 2.32. The molecule has 2 rings (SSSR count). The van der Waals surface area contributed by atoms with E-state index in [1.807, 2.05) is 18.2 Å². The Kier molecular flexibility index (Phi) is 5.24. The summed E-state index contributed by atoms with van der Waals surface area (Å²) in [4.78, 5) is 4.86. The number of anilines is 1. The van der Waals surface area contributed by atoms with E-state index in [9.17, 15) is 0 Å². The van der Waals surface area contributed by atoms with Gasteiger partial charge in [0.25, 0.3) is 0 Å². The van der Waals surface area contributed by atoms with Gasteiger partial charge in [0.2, 0.25) is 0 Å². The van der Waals surface area contributed by atoms with Crippen LogP contribution in [-0.2, 0) is 0 Å². The summed E-state index contributed by atoms with van der Waals surface area (Å²) in [6.07, 6.45) is 4.18. The minimum Gasteiger partial charge on any atom is -0.497 e. The molecule has 0 saturated carbocycles. The summed E-state index contributed by atoms with van der Waals surface area (Å²) in [5.74, 6) is 0.922. The zero-order valence-electron chi connectivity index (χ0n) is 11.6. The lowest BCUT2D eigenvalue weighted by atomic mass is 10.2. The molecular formula is C15H23N3O. The summed E-state index contributed by atoms with van der Waals surface area (Å²) in [5.41, 5.74) is 6.69. The van der Waals surface area contributed by atoms with Crippen LogP contribution in [0.4, 0.5) is 5.69 Å². The monoisotopic (exact) mass is 261 g/mol. The van der Waals surface area contributed by atoms with E-state index in [2.05, 4.69) is 28.0 Å². The van der Waals surface area contributed by atoms with Crippen molar-refractivity contribution in [3.05, 3.63) is 36.4 Å². The zero-order valence-corrected chi connectivity index (χ0v) is 11.6. The van der Waals surface area contributed by atoms with E-state index < -0.39 is 0 Å². The quantitative estimate of drug-likeness (QED) is 0.812. The third-order valence-electron chi connectivity index (χ3n) is 3.46. The molecule has 0 aliphatic carbocycles. The molecule has 0 atom stereocenters. The summed E-state index contributed by atoms with van der Waals surface area (Å²) in [5, 5.41) is 0. The molecule has 1 aliphatic rings. The van der Waals surface area contributed by atoms with Crippen molar-refractivity contribution in [1.29, 1.82) is 0 Å². The van der Waals surface area contributed by atoms with Gasteiger partial charge in [-0.2, -0.15) is 0 Å². The number of rotatable bonds is 5. The largest absolute Gasteiger partial charge is 0.497 e. The van der Waals surface area contributed by atoms with Crippen LogP contribution < -0.4 is 15.4 Å². The molecule has 0 bridgehead atoms. The van der Waals surface area contributed by atoms with Crippen LogP contribution in [0.15, 0.2) is 36.4 Å². The molecule has 104 valence electrons. The molecule has 0 spiro atoms. The normalized spacial score (nSPS) is 17.1. The summed E-state index contributed by atoms with van der Waals surface area (Å²) < 4.78 is 5.27. The number of piperazine rings is 1. The fraction of sp³-hybridized carbons (Fsp3) is 0.467. The number of methoxy groups -OCH3 is 1. The molecule has 19 heavy (non-hydrogen) atoms. The lowest BCUT2D eigenvalue weighted by Gasteiger charge is -2.35. The van der Waals surface area contributed by atoms with Gasteiger partial charge in [0.05, 0.1) is 7.11 Å². The minimum absolute atomic E-state index is 0.629. The highest BCUT2D eigenvalue weighted by molar-refractivity contribution is 5.51. The van der Waals surface area contributed by atoms with E-state index in [-0.39, 0.29) is 0 Å². The first-order valence-corrected chi connectivity index (χ1v) is 6.80. The number of nitrogens with zero attached hydrogens (tertiary/aromatic N) is 2. The molecule has 1 aromatic carbocycles. The van der Waals surface area contributed by atoms with Crippen LogP contribution >= 0.6 is 0 Å². The average molecular weight is 261 g/mol. The second kappa shape index (κ2) is 7.16. The lowest BCUT2D eigenvalue weighted by Crippen LogP contribution is -2.46. The van der Waals surface area contributed by atoms with Crippen molar-refractivity contribution in [1.82, 2.24) is 4.90 Å². The van der Waals surface area contributed by atoms with Crippen molar-refractivity contribution in [3.8, 4) is 5.75 Å². The SMILES string of the molecule is COc1cccc(N2CCN(CC=CCN)CC2)c1. The molecule has 0 radical (unpaired) electrons. The van der Waals surface area contributed by atoms with Crippen molar-refractivity contribution >= 4 is 5.69 Å². The van der Waals surface area contributed by atoms with Crippen LogP contribution in [0.2, 0.25) is 0 Å². The van der Waals surface area contributed by atoms with Crippen LogP contribution in [0.1, 0.15) is 0 Å². The molecule has 0 unspecified atom stereocenters. The van der Waals surface area contributed by atoms with E-state index in [1.54, 1.807) is 7.11 Å². The Morgan fingerprint density at radius 2 is 2.00 bits per heavy atom. The van der Waals surface area contributed by atoms with E-state index in [0.29, 0.717) is 6.54 Å². The topological polar surface area (TPSA) is 41.7 Å². The van der Waals surface area contributed by atoms with E-state index in [0.717, 1.165) is 38.5 Å². The van der Waals surface area contributed by atoms with Gasteiger partial charge in [0.1, 0.15) is 5.75 Å². The second-order valence-electron chi connectivity index (χ2n) is 4.70. The van der Waals surface area contributed by atoms with Gasteiger partial charge in [-0.3, -0.25) is 4.90 Å². The molecule has 1 aliphatic heterocycles. The molecule has 2 N–H and O–H groups in total. The highest BCUT2D eigenvalue weighted by Crippen LogP contribution is 2.21. The predicted octanol–water partition coefficient (Wildman–Crippen LogP) is 1.33.